The molecule has 0 aliphatic carbocycles. The van der Waals surface area contributed by atoms with Crippen molar-refractivity contribution >= 4 is 50.9 Å². The van der Waals surface area contributed by atoms with Gasteiger partial charge in [0.2, 0.25) is 0 Å². The number of fused-ring (bicyclic) bond motifs is 2. The number of anilines is 1. The van der Waals surface area contributed by atoms with Gasteiger partial charge in [0.05, 0.1) is 16.8 Å². The first-order chi connectivity index (χ1) is 10.6. The van der Waals surface area contributed by atoms with Crippen LogP contribution in [-0.4, -0.2) is 11.8 Å². The van der Waals surface area contributed by atoms with E-state index in [1.54, 1.807) is 24.3 Å². The summed E-state index contributed by atoms with van der Waals surface area (Å²) >= 11 is 2.19. The number of halogens is 1. The van der Waals surface area contributed by atoms with Crippen LogP contribution in [0.4, 0.5) is 5.69 Å². The first-order valence-corrected chi connectivity index (χ1v) is 7.90. The molecule has 4 rings (SSSR count). The summed E-state index contributed by atoms with van der Waals surface area (Å²) in [4.78, 5) is 26.5. The van der Waals surface area contributed by atoms with Crippen LogP contribution in [0.1, 0.15) is 20.7 Å². The highest BCUT2D eigenvalue weighted by molar-refractivity contribution is 14.1. The Morgan fingerprint density at radius 3 is 1.73 bits per heavy atom. The lowest BCUT2D eigenvalue weighted by molar-refractivity contribution is 0.0926. The Morgan fingerprint density at radius 2 is 1.23 bits per heavy atom. The van der Waals surface area contributed by atoms with E-state index >= 15 is 0 Å². The zero-order valence-corrected chi connectivity index (χ0v) is 13.6. The molecule has 3 nitrogen and oxygen atoms in total. The summed E-state index contributed by atoms with van der Waals surface area (Å²) in [6.07, 6.45) is 0. The summed E-state index contributed by atoms with van der Waals surface area (Å²) in [5, 5.41) is 1.93. The summed E-state index contributed by atoms with van der Waals surface area (Å²) in [7, 11) is 0. The molecule has 0 radical (unpaired) electrons. The molecule has 0 saturated carbocycles. The molecule has 3 aromatic rings. The Hall–Kier alpha value is -2.21. The largest absolute Gasteiger partial charge is 0.268 e. The van der Waals surface area contributed by atoms with Gasteiger partial charge in [-0.2, -0.15) is 0 Å². The zero-order valence-electron chi connectivity index (χ0n) is 11.4. The predicted octanol–water partition coefficient (Wildman–Crippen LogP) is 4.25. The Bertz CT molecular complexity index is 877. The second kappa shape index (κ2) is 4.91. The first-order valence-electron chi connectivity index (χ1n) is 6.82. The van der Waals surface area contributed by atoms with E-state index < -0.39 is 0 Å². The third kappa shape index (κ3) is 1.94. The van der Waals surface area contributed by atoms with Crippen LogP contribution in [0.2, 0.25) is 0 Å². The second-order valence-corrected chi connectivity index (χ2v) is 6.41. The fourth-order valence-corrected chi connectivity index (χ4v) is 3.11. The van der Waals surface area contributed by atoms with Crippen LogP contribution in [0.3, 0.4) is 0 Å². The maximum atomic E-state index is 12.6. The van der Waals surface area contributed by atoms with Crippen molar-refractivity contribution in [2.45, 2.75) is 0 Å². The number of benzene rings is 3. The van der Waals surface area contributed by atoms with Crippen LogP contribution < -0.4 is 4.90 Å². The third-order valence-corrected chi connectivity index (χ3v) is 4.56. The molecule has 1 heterocycles. The monoisotopic (exact) mass is 399 g/mol. The van der Waals surface area contributed by atoms with Crippen LogP contribution >= 0.6 is 22.6 Å². The molecule has 0 bridgehead atoms. The Morgan fingerprint density at radius 1 is 0.727 bits per heavy atom. The molecule has 0 fully saturated rings. The van der Waals surface area contributed by atoms with Crippen molar-refractivity contribution in [3.63, 3.8) is 0 Å². The van der Waals surface area contributed by atoms with E-state index in [1.165, 1.54) is 4.90 Å². The minimum atomic E-state index is -0.257. The SMILES string of the molecule is O=C1c2cc3ccccc3cc2C(=O)N1c1ccc(I)cc1. The average molecular weight is 399 g/mol. The number of hydrogen-bond acceptors (Lipinski definition) is 2. The standard InChI is InChI=1S/C18H10INO2/c19-13-5-7-14(8-6-13)20-17(21)15-9-11-3-1-2-4-12(11)10-16(15)18(20)22/h1-10H. The van der Waals surface area contributed by atoms with Crippen molar-refractivity contribution in [1.82, 2.24) is 0 Å². The molecule has 0 saturated heterocycles. The van der Waals surface area contributed by atoms with E-state index in [0.29, 0.717) is 16.8 Å². The van der Waals surface area contributed by atoms with E-state index in [2.05, 4.69) is 22.6 Å². The van der Waals surface area contributed by atoms with E-state index in [0.717, 1.165) is 14.3 Å². The van der Waals surface area contributed by atoms with E-state index in [1.807, 2.05) is 36.4 Å². The fourth-order valence-electron chi connectivity index (χ4n) is 2.75. The number of hydrogen-bond donors (Lipinski definition) is 0. The van der Waals surface area contributed by atoms with Crippen molar-refractivity contribution in [3.8, 4) is 0 Å². The van der Waals surface area contributed by atoms with Crippen molar-refractivity contribution < 1.29 is 9.59 Å². The average Bonchev–Trinajstić information content (AvgIpc) is 2.78. The summed E-state index contributed by atoms with van der Waals surface area (Å²) in [6, 6.07) is 18.7. The number of amides is 2. The van der Waals surface area contributed by atoms with Gasteiger partial charge in [0.15, 0.2) is 0 Å². The van der Waals surface area contributed by atoms with Gasteiger partial charge in [-0.1, -0.05) is 24.3 Å². The van der Waals surface area contributed by atoms with Gasteiger partial charge in [-0.15, -0.1) is 0 Å². The highest BCUT2D eigenvalue weighted by Gasteiger charge is 2.36. The highest BCUT2D eigenvalue weighted by Crippen LogP contribution is 2.31. The quantitative estimate of drug-likeness (QED) is 0.454. The van der Waals surface area contributed by atoms with Gasteiger partial charge in [0.25, 0.3) is 11.8 Å². The van der Waals surface area contributed by atoms with Gasteiger partial charge in [0.1, 0.15) is 0 Å². The van der Waals surface area contributed by atoms with Gasteiger partial charge in [-0.05, 0) is 69.8 Å². The lowest BCUT2D eigenvalue weighted by atomic mass is 10.0. The van der Waals surface area contributed by atoms with Crippen LogP contribution in [0.5, 0.6) is 0 Å². The smallest absolute Gasteiger partial charge is 0.266 e. The van der Waals surface area contributed by atoms with Crippen molar-refractivity contribution in [2.24, 2.45) is 0 Å². The van der Waals surface area contributed by atoms with Crippen molar-refractivity contribution in [2.75, 3.05) is 4.90 Å². The minimum Gasteiger partial charge on any atom is -0.268 e. The third-order valence-electron chi connectivity index (χ3n) is 3.84. The molecule has 0 atom stereocenters. The highest BCUT2D eigenvalue weighted by atomic mass is 127. The van der Waals surface area contributed by atoms with Crippen LogP contribution in [0, 0.1) is 3.57 Å². The molecule has 1 aliphatic rings. The molecule has 4 heteroatoms. The number of imide groups is 1. The summed E-state index contributed by atoms with van der Waals surface area (Å²) in [6.45, 7) is 0. The van der Waals surface area contributed by atoms with E-state index in [-0.39, 0.29) is 11.8 Å². The Kier molecular flexibility index (Phi) is 3.00. The van der Waals surface area contributed by atoms with Gasteiger partial charge >= 0.3 is 0 Å². The Balaban J connectivity index is 1.88. The van der Waals surface area contributed by atoms with Gasteiger partial charge in [-0.3, -0.25) is 9.59 Å². The molecule has 106 valence electrons. The maximum Gasteiger partial charge on any atom is 0.266 e. The molecule has 0 aromatic heterocycles. The molecule has 1 aliphatic heterocycles. The summed E-state index contributed by atoms with van der Waals surface area (Å²) in [5.41, 5.74) is 1.56. The Labute approximate surface area is 140 Å². The second-order valence-electron chi connectivity index (χ2n) is 5.17. The number of nitrogens with zero attached hydrogens (tertiary/aromatic N) is 1. The maximum absolute atomic E-state index is 12.6. The normalized spacial score (nSPS) is 13.8. The molecular weight excluding hydrogens is 389 g/mol. The van der Waals surface area contributed by atoms with Crippen LogP contribution in [0.15, 0.2) is 60.7 Å². The first kappa shape index (κ1) is 13.5. The zero-order chi connectivity index (χ0) is 15.3. The van der Waals surface area contributed by atoms with Gasteiger partial charge < -0.3 is 0 Å². The summed E-state index contributed by atoms with van der Waals surface area (Å²) < 4.78 is 1.06. The molecular formula is C18H10INO2. The predicted molar refractivity (Wildman–Crippen MR) is 94.2 cm³/mol. The molecule has 0 unspecified atom stereocenters. The van der Waals surface area contributed by atoms with Gasteiger partial charge in [0, 0.05) is 3.57 Å². The fraction of sp³-hybridized carbons (Fsp3) is 0. The molecule has 0 N–H and O–H groups in total. The van der Waals surface area contributed by atoms with Crippen LogP contribution in [-0.2, 0) is 0 Å². The van der Waals surface area contributed by atoms with Crippen molar-refractivity contribution in [3.05, 3.63) is 75.4 Å². The molecule has 3 aromatic carbocycles. The number of rotatable bonds is 1. The van der Waals surface area contributed by atoms with Crippen molar-refractivity contribution in [1.29, 1.82) is 0 Å². The van der Waals surface area contributed by atoms with Gasteiger partial charge in [-0.25, -0.2) is 4.90 Å². The van der Waals surface area contributed by atoms with E-state index in [9.17, 15) is 9.59 Å². The topological polar surface area (TPSA) is 37.4 Å². The number of carbonyl (C=O) groups is 2. The van der Waals surface area contributed by atoms with Crippen LogP contribution in [0.25, 0.3) is 10.8 Å². The molecule has 2 amide bonds. The van der Waals surface area contributed by atoms with E-state index in [4.69, 9.17) is 0 Å². The molecule has 22 heavy (non-hydrogen) atoms. The minimum absolute atomic E-state index is 0.257. The lowest BCUT2D eigenvalue weighted by Crippen LogP contribution is -2.29. The summed E-state index contributed by atoms with van der Waals surface area (Å²) in [5.74, 6) is -0.515. The molecule has 0 spiro atoms. The number of carbonyl (C=O) groups excluding carboxylic acids is 2. The lowest BCUT2D eigenvalue weighted by Gasteiger charge is -2.13.